The molecule has 1 heterocycles. The van der Waals surface area contributed by atoms with Crippen LogP contribution < -0.4 is 10.9 Å². The van der Waals surface area contributed by atoms with E-state index in [9.17, 15) is 22.4 Å². The minimum Gasteiger partial charge on any atom is -0.323 e. The number of hydrogen-bond acceptors (Lipinski definition) is 6. The summed E-state index contributed by atoms with van der Waals surface area (Å²) in [5.41, 5.74) is -0.928. The molecule has 2 aromatic carbocycles. The van der Waals surface area contributed by atoms with Crippen molar-refractivity contribution in [3.05, 3.63) is 74.9 Å². The van der Waals surface area contributed by atoms with Crippen molar-refractivity contribution in [1.82, 2.24) is 9.97 Å². The Balaban J connectivity index is 1.70. The Hall–Kier alpha value is -2.40. The lowest BCUT2D eigenvalue weighted by molar-refractivity contribution is -0.113. The van der Waals surface area contributed by atoms with E-state index in [0.717, 1.165) is 24.0 Å². The third kappa shape index (κ3) is 5.20. The standard InChI is InChI=1S/C18H12Cl2FN3O4S2/c19-10-1-4-12(5-2-10)30(27,28)15-8-22-18(24-17(15)26)29-9-16(25)23-14-6-3-11(20)7-13(14)21/h1-8H,9H2,(H,23,25)(H,22,24,26). The molecule has 30 heavy (non-hydrogen) atoms. The second-order valence-electron chi connectivity index (χ2n) is 5.80. The first kappa shape index (κ1) is 22.3. The first-order chi connectivity index (χ1) is 14.2. The number of carbonyl (C=O) groups is 1. The highest BCUT2D eigenvalue weighted by atomic mass is 35.5. The molecule has 7 nitrogen and oxygen atoms in total. The molecule has 0 aliphatic carbocycles. The van der Waals surface area contributed by atoms with E-state index in [-0.39, 0.29) is 26.5 Å². The SMILES string of the molecule is O=C(CSc1ncc(S(=O)(=O)c2ccc(Cl)cc2)c(=O)[nH]1)Nc1ccc(Cl)cc1F. The molecule has 0 bridgehead atoms. The van der Waals surface area contributed by atoms with Crippen LogP contribution >= 0.6 is 35.0 Å². The maximum absolute atomic E-state index is 13.7. The number of amides is 1. The molecular formula is C18H12Cl2FN3O4S2. The van der Waals surface area contributed by atoms with Crippen LogP contribution in [-0.2, 0) is 14.6 Å². The summed E-state index contributed by atoms with van der Waals surface area (Å²) in [4.78, 5) is 29.8. The van der Waals surface area contributed by atoms with Crippen molar-refractivity contribution in [1.29, 1.82) is 0 Å². The summed E-state index contributed by atoms with van der Waals surface area (Å²) in [5, 5.41) is 2.93. The van der Waals surface area contributed by atoms with Crippen molar-refractivity contribution in [2.24, 2.45) is 0 Å². The molecule has 156 valence electrons. The summed E-state index contributed by atoms with van der Waals surface area (Å²) >= 11 is 12.3. The number of thioether (sulfide) groups is 1. The van der Waals surface area contributed by atoms with E-state index in [4.69, 9.17) is 23.2 Å². The van der Waals surface area contributed by atoms with Crippen LogP contribution in [0.5, 0.6) is 0 Å². The fourth-order valence-corrected chi connectivity index (χ4v) is 4.44. The number of nitrogens with one attached hydrogen (secondary N) is 2. The molecule has 1 aromatic heterocycles. The highest BCUT2D eigenvalue weighted by Gasteiger charge is 2.22. The zero-order chi connectivity index (χ0) is 21.9. The summed E-state index contributed by atoms with van der Waals surface area (Å²) in [5.74, 6) is -1.44. The molecule has 3 rings (SSSR count). The van der Waals surface area contributed by atoms with E-state index >= 15 is 0 Å². The number of sulfone groups is 1. The molecule has 0 unspecified atom stereocenters. The lowest BCUT2D eigenvalue weighted by Crippen LogP contribution is -2.20. The van der Waals surface area contributed by atoms with E-state index in [1.165, 1.54) is 36.4 Å². The molecular weight excluding hydrogens is 476 g/mol. The van der Waals surface area contributed by atoms with Gasteiger partial charge in [-0.1, -0.05) is 35.0 Å². The number of rotatable bonds is 6. The topological polar surface area (TPSA) is 109 Å². The largest absolute Gasteiger partial charge is 0.323 e. The van der Waals surface area contributed by atoms with Crippen LogP contribution in [0.25, 0.3) is 0 Å². The maximum atomic E-state index is 13.7. The molecule has 12 heteroatoms. The van der Waals surface area contributed by atoms with Crippen molar-refractivity contribution >= 4 is 56.4 Å². The number of H-pyrrole nitrogens is 1. The van der Waals surface area contributed by atoms with Gasteiger partial charge in [-0.15, -0.1) is 0 Å². The predicted molar refractivity (Wildman–Crippen MR) is 113 cm³/mol. The average Bonchev–Trinajstić information content (AvgIpc) is 2.69. The molecule has 2 N–H and O–H groups in total. The van der Waals surface area contributed by atoms with Gasteiger partial charge >= 0.3 is 0 Å². The lowest BCUT2D eigenvalue weighted by Gasteiger charge is -2.07. The molecule has 0 saturated carbocycles. The zero-order valence-corrected chi connectivity index (χ0v) is 18.0. The van der Waals surface area contributed by atoms with E-state index < -0.39 is 32.0 Å². The maximum Gasteiger partial charge on any atom is 0.270 e. The quantitative estimate of drug-likeness (QED) is 0.404. The number of aromatic nitrogens is 2. The molecule has 0 saturated heterocycles. The van der Waals surface area contributed by atoms with Gasteiger partial charge in [-0.3, -0.25) is 9.59 Å². The summed E-state index contributed by atoms with van der Waals surface area (Å²) < 4.78 is 38.9. The molecule has 0 atom stereocenters. The number of nitrogens with zero attached hydrogens (tertiary/aromatic N) is 1. The zero-order valence-electron chi connectivity index (χ0n) is 14.9. The van der Waals surface area contributed by atoms with Gasteiger partial charge in [-0.25, -0.2) is 17.8 Å². The Kier molecular flexibility index (Phi) is 6.81. The fourth-order valence-electron chi connectivity index (χ4n) is 2.28. The lowest BCUT2D eigenvalue weighted by atomic mass is 10.3. The normalized spacial score (nSPS) is 11.3. The predicted octanol–water partition coefficient (Wildman–Crippen LogP) is 3.78. The van der Waals surface area contributed by atoms with Crippen LogP contribution in [0.4, 0.5) is 10.1 Å². The number of aromatic amines is 1. The Bertz CT molecular complexity index is 1270. The number of halogens is 3. The van der Waals surface area contributed by atoms with Gasteiger partial charge in [0.2, 0.25) is 15.7 Å². The Morgan fingerprint density at radius 1 is 1.13 bits per heavy atom. The van der Waals surface area contributed by atoms with E-state index in [1.54, 1.807) is 0 Å². The minimum absolute atomic E-state index is 0.0294. The van der Waals surface area contributed by atoms with Gasteiger partial charge < -0.3 is 10.3 Å². The number of carbonyl (C=O) groups excluding carboxylic acids is 1. The van der Waals surface area contributed by atoms with Crippen LogP contribution in [-0.4, -0.2) is 30.0 Å². The van der Waals surface area contributed by atoms with Gasteiger partial charge in [0.1, 0.15) is 5.82 Å². The highest BCUT2D eigenvalue weighted by molar-refractivity contribution is 7.99. The second-order valence-corrected chi connectivity index (χ2v) is 9.56. The van der Waals surface area contributed by atoms with E-state index in [1.807, 2.05) is 0 Å². The highest BCUT2D eigenvalue weighted by Crippen LogP contribution is 2.22. The van der Waals surface area contributed by atoms with E-state index in [0.29, 0.717) is 5.02 Å². The smallest absolute Gasteiger partial charge is 0.270 e. The molecule has 0 aliphatic rings. The van der Waals surface area contributed by atoms with Crippen molar-refractivity contribution in [3.63, 3.8) is 0 Å². The summed E-state index contributed by atoms with van der Waals surface area (Å²) in [7, 11) is -4.09. The van der Waals surface area contributed by atoms with Crippen molar-refractivity contribution < 1.29 is 17.6 Å². The van der Waals surface area contributed by atoms with Crippen molar-refractivity contribution in [3.8, 4) is 0 Å². The Morgan fingerprint density at radius 2 is 1.80 bits per heavy atom. The third-order valence-corrected chi connectivity index (χ3v) is 6.84. The summed E-state index contributed by atoms with van der Waals surface area (Å²) in [6.45, 7) is 0. The van der Waals surface area contributed by atoms with Gasteiger partial charge in [0.15, 0.2) is 10.1 Å². The monoisotopic (exact) mass is 487 g/mol. The fraction of sp³-hybridized carbons (Fsp3) is 0.0556. The number of benzene rings is 2. The van der Waals surface area contributed by atoms with Crippen molar-refractivity contribution in [2.45, 2.75) is 14.9 Å². The number of hydrogen-bond donors (Lipinski definition) is 2. The third-order valence-electron chi connectivity index (χ3n) is 3.70. The van der Waals surface area contributed by atoms with Gasteiger partial charge in [-0.2, -0.15) is 0 Å². The first-order valence-corrected chi connectivity index (χ1v) is 11.4. The molecule has 0 spiro atoms. The minimum atomic E-state index is -4.09. The van der Waals surface area contributed by atoms with Gasteiger partial charge in [-0.05, 0) is 42.5 Å². The van der Waals surface area contributed by atoms with Crippen LogP contribution in [0.3, 0.4) is 0 Å². The van der Waals surface area contributed by atoms with Gasteiger partial charge in [0, 0.05) is 10.0 Å². The van der Waals surface area contributed by atoms with Crippen molar-refractivity contribution in [2.75, 3.05) is 11.1 Å². The first-order valence-electron chi connectivity index (χ1n) is 8.14. The Morgan fingerprint density at radius 3 is 2.43 bits per heavy atom. The molecule has 3 aromatic rings. The van der Waals surface area contributed by atoms with Crippen LogP contribution in [0.2, 0.25) is 10.0 Å². The second kappa shape index (κ2) is 9.17. The molecule has 0 radical (unpaired) electrons. The van der Waals surface area contributed by atoms with Gasteiger partial charge in [0.25, 0.3) is 5.56 Å². The van der Waals surface area contributed by atoms with Crippen LogP contribution in [0, 0.1) is 5.82 Å². The van der Waals surface area contributed by atoms with Crippen LogP contribution in [0.1, 0.15) is 0 Å². The summed E-state index contributed by atoms with van der Waals surface area (Å²) in [6.07, 6.45) is 0.919. The molecule has 0 aliphatic heterocycles. The number of anilines is 1. The molecule has 0 fully saturated rings. The molecule has 1 amide bonds. The average molecular weight is 488 g/mol. The van der Waals surface area contributed by atoms with Gasteiger partial charge in [0.05, 0.1) is 22.5 Å². The van der Waals surface area contributed by atoms with Crippen LogP contribution in [0.15, 0.2) is 68.4 Å². The van der Waals surface area contributed by atoms with E-state index in [2.05, 4.69) is 15.3 Å². The Labute approximate surface area is 184 Å². The summed E-state index contributed by atoms with van der Waals surface area (Å²) in [6, 6.07) is 9.14.